The van der Waals surface area contributed by atoms with Crippen LogP contribution in [0.2, 0.25) is 0 Å². The SMILES string of the molecule is CNCC(c1ccc(-c2c(CO)cc(C)c3[nH]c(=O)c4sccc4c23)cc1F)C(C)C. The van der Waals surface area contributed by atoms with Gasteiger partial charge in [-0.05, 0) is 65.2 Å². The van der Waals surface area contributed by atoms with E-state index in [0.29, 0.717) is 27.9 Å². The molecule has 2 aromatic heterocycles. The first kappa shape index (κ1) is 21.7. The van der Waals surface area contributed by atoms with Crippen molar-refractivity contribution in [2.75, 3.05) is 13.6 Å². The molecule has 4 nitrogen and oxygen atoms in total. The van der Waals surface area contributed by atoms with Crippen molar-refractivity contribution in [3.05, 3.63) is 68.6 Å². The molecule has 0 amide bonds. The molecule has 4 rings (SSSR count). The number of aryl methyl sites for hydroxylation is 1. The van der Waals surface area contributed by atoms with Gasteiger partial charge in [-0.1, -0.05) is 32.0 Å². The highest BCUT2D eigenvalue weighted by molar-refractivity contribution is 7.17. The highest BCUT2D eigenvalue weighted by Crippen LogP contribution is 2.39. The fourth-order valence-electron chi connectivity index (χ4n) is 4.53. The fourth-order valence-corrected chi connectivity index (χ4v) is 5.33. The van der Waals surface area contributed by atoms with E-state index in [9.17, 15) is 9.90 Å². The maximum atomic E-state index is 15.4. The summed E-state index contributed by atoms with van der Waals surface area (Å²) in [4.78, 5) is 15.5. The second-order valence-corrected chi connectivity index (χ2v) is 9.31. The van der Waals surface area contributed by atoms with Crippen molar-refractivity contribution >= 4 is 32.3 Å². The molecule has 0 aliphatic heterocycles. The van der Waals surface area contributed by atoms with Gasteiger partial charge >= 0.3 is 0 Å². The minimum atomic E-state index is -0.255. The summed E-state index contributed by atoms with van der Waals surface area (Å²) in [6.07, 6.45) is 0. The van der Waals surface area contributed by atoms with Crippen LogP contribution in [0.15, 0.2) is 40.5 Å². The molecule has 0 radical (unpaired) electrons. The van der Waals surface area contributed by atoms with E-state index in [2.05, 4.69) is 24.1 Å². The number of H-pyrrole nitrogens is 1. The highest BCUT2D eigenvalue weighted by atomic mass is 32.1. The number of halogens is 1. The Morgan fingerprint density at radius 2 is 2.00 bits per heavy atom. The molecular formula is C25H27FN2O2S. The Bertz CT molecular complexity index is 1320. The summed E-state index contributed by atoms with van der Waals surface area (Å²) in [6.45, 7) is 6.62. The molecule has 0 bridgehead atoms. The first-order valence-electron chi connectivity index (χ1n) is 10.5. The van der Waals surface area contributed by atoms with Gasteiger partial charge in [0.15, 0.2) is 0 Å². The van der Waals surface area contributed by atoms with E-state index in [0.717, 1.165) is 27.4 Å². The second kappa shape index (κ2) is 8.54. The predicted octanol–water partition coefficient (Wildman–Crippen LogP) is 5.31. The largest absolute Gasteiger partial charge is 0.392 e. The van der Waals surface area contributed by atoms with Crippen LogP contribution in [-0.4, -0.2) is 23.7 Å². The van der Waals surface area contributed by atoms with Crippen molar-refractivity contribution in [3.8, 4) is 11.1 Å². The monoisotopic (exact) mass is 438 g/mol. The number of aliphatic hydroxyl groups is 1. The molecule has 2 aromatic carbocycles. The van der Waals surface area contributed by atoms with Crippen molar-refractivity contribution in [2.24, 2.45) is 5.92 Å². The van der Waals surface area contributed by atoms with Crippen LogP contribution in [0.4, 0.5) is 4.39 Å². The first-order chi connectivity index (χ1) is 14.9. The van der Waals surface area contributed by atoms with Gasteiger partial charge in [0, 0.05) is 23.2 Å². The van der Waals surface area contributed by atoms with Gasteiger partial charge in [0.2, 0.25) is 0 Å². The Balaban J connectivity index is 2.02. The average Bonchev–Trinajstić information content (AvgIpc) is 3.23. The Hall–Kier alpha value is -2.54. The molecular weight excluding hydrogens is 411 g/mol. The number of rotatable bonds is 6. The number of pyridine rings is 1. The number of fused-ring (bicyclic) bond motifs is 3. The van der Waals surface area contributed by atoms with E-state index in [-0.39, 0.29) is 29.8 Å². The quantitative estimate of drug-likeness (QED) is 0.382. The maximum absolute atomic E-state index is 15.4. The molecule has 0 spiro atoms. The van der Waals surface area contributed by atoms with Crippen LogP contribution in [0, 0.1) is 18.7 Å². The summed E-state index contributed by atoms with van der Waals surface area (Å²) in [6, 6.07) is 9.14. The Kier molecular flexibility index (Phi) is 5.97. The van der Waals surface area contributed by atoms with Crippen LogP contribution in [0.5, 0.6) is 0 Å². The van der Waals surface area contributed by atoms with Gasteiger partial charge in [0.05, 0.1) is 12.1 Å². The lowest BCUT2D eigenvalue weighted by Crippen LogP contribution is -2.22. The molecule has 31 heavy (non-hydrogen) atoms. The lowest BCUT2D eigenvalue weighted by atomic mass is 9.85. The first-order valence-corrected chi connectivity index (χ1v) is 11.4. The van der Waals surface area contributed by atoms with Crippen molar-refractivity contribution in [1.82, 2.24) is 10.3 Å². The zero-order chi connectivity index (χ0) is 22.3. The molecule has 3 N–H and O–H groups in total. The third-order valence-corrected chi connectivity index (χ3v) is 6.99. The maximum Gasteiger partial charge on any atom is 0.266 e. The second-order valence-electron chi connectivity index (χ2n) is 8.40. The third-order valence-electron chi connectivity index (χ3n) is 6.07. The normalized spacial score (nSPS) is 12.9. The van der Waals surface area contributed by atoms with E-state index < -0.39 is 0 Å². The standard InChI is InChI=1S/C25H27FN2O2S/c1-13(2)19(11-27-4)17-6-5-15(10-20(17)26)21-16(12-29)9-14(3)23-22(21)18-7-8-31-24(18)25(30)28-23/h5-10,13,19,27,29H,11-12H2,1-4H3,(H,28,30). The van der Waals surface area contributed by atoms with Crippen LogP contribution in [0.25, 0.3) is 32.1 Å². The molecule has 0 aliphatic rings. The molecule has 1 atom stereocenters. The Morgan fingerprint density at radius 1 is 1.23 bits per heavy atom. The van der Waals surface area contributed by atoms with Gasteiger partial charge in [0.25, 0.3) is 5.56 Å². The van der Waals surface area contributed by atoms with Crippen LogP contribution >= 0.6 is 11.3 Å². The highest BCUT2D eigenvalue weighted by Gasteiger charge is 2.22. The number of nitrogens with one attached hydrogen (secondary N) is 2. The zero-order valence-corrected chi connectivity index (χ0v) is 19.0. The molecule has 0 fully saturated rings. The molecule has 6 heteroatoms. The number of benzene rings is 2. The van der Waals surface area contributed by atoms with E-state index in [1.54, 1.807) is 6.07 Å². The van der Waals surface area contributed by atoms with Crippen molar-refractivity contribution in [1.29, 1.82) is 0 Å². The number of hydrogen-bond acceptors (Lipinski definition) is 4. The lowest BCUT2D eigenvalue weighted by molar-refractivity contribution is 0.282. The average molecular weight is 439 g/mol. The van der Waals surface area contributed by atoms with Crippen LogP contribution in [0.3, 0.4) is 0 Å². The molecule has 0 aliphatic carbocycles. The summed E-state index contributed by atoms with van der Waals surface area (Å²) in [5.74, 6) is 0.0950. The number of aromatic nitrogens is 1. The van der Waals surface area contributed by atoms with Crippen molar-refractivity contribution < 1.29 is 9.50 Å². The lowest BCUT2D eigenvalue weighted by Gasteiger charge is -2.22. The van der Waals surface area contributed by atoms with Gasteiger partial charge in [0.1, 0.15) is 10.5 Å². The molecule has 162 valence electrons. The third kappa shape index (κ3) is 3.69. The smallest absolute Gasteiger partial charge is 0.266 e. The van der Waals surface area contributed by atoms with E-state index in [1.165, 1.54) is 11.3 Å². The summed E-state index contributed by atoms with van der Waals surface area (Å²) in [7, 11) is 1.88. The minimum absolute atomic E-state index is 0.0612. The van der Waals surface area contributed by atoms with Gasteiger partial charge in [-0.25, -0.2) is 4.39 Å². The number of hydrogen-bond donors (Lipinski definition) is 3. The van der Waals surface area contributed by atoms with Crippen LogP contribution < -0.4 is 10.9 Å². The number of likely N-dealkylation sites (N-methyl/N-ethyl adjacent to an activating group) is 1. The Labute approximate surface area is 184 Å². The predicted molar refractivity (Wildman–Crippen MR) is 128 cm³/mol. The molecule has 0 saturated heterocycles. The molecule has 1 unspecified atom stereocenters. The van der Waals surface area contributed by atoms with Crippen molar-refractivity contribution in [3.63, 3.8) is 0 Å². The van der Waals surface area contributed by atoms with Crippen LogP contribution in [-0.2, 0) is 6.61 Å². The van der Waals surface area contributed by atoms with Crippen LogP contribution in [0.1, 0.15) is 36.5 Å². The zero-order valence-electron chi connectivity index (χ0n) is 18.2. The van der Waals surface area contributed by atoms with Gasteiger partial charge in [-0.3, -0.25) is 4.79 Å². The Morgan fingerprint density at radius 3 is 2.65 bits per heavy atom. The summed E-state index contributed by atoms with van der Waals surface area (Å²) in [5, 5.41) is 16.9. The van der Waals surface area contributed by atoms with Gasteiger partial charge < -0.3 is 15.4 Å². The van der Waals surface area contributed by atoms with Gasteiger partial charge in [-0.2, -0.15) is 0 Å². The van der Waals surface area contributed by atoms with E-state index in [4.69, 9.17) is 0 Å². The minimum Gasteiger partial charge on any atom is -0.392 e. The molecule has 2 heterocycles. The summed E-state index contributed by atoms with van der Waals surface area (Å²) in [5.41, 5.74) is 4.33. The van der Waals surface area contributed by atoms with Crippen molar-refractivity contribution in [2.45, 2.75) is 33.3 Å². The summed E-state index contributed by atoms with van der Waals surface area (Å²) < 4.78 is 16.0. The topological polar surface area (TPSA) is 65.1 Å². The summed E-state index contributed by atoms with van der Waals surface area (Å²) >= 11 is 1.38. The fraction of sp³-hybridized carbons (Fsp3) is 0.320. The molecule has 4 aromatic rings. The van der Waals surface area contributed by atoms with E-state index in [1.807, 2.05) is 43.6 Å². The van der Waals surface area contributed by atoms with Gasteiger partial charge in [-0.15, -0.1) is 11.3 Å². The number of aromatic amines is 1. The molecule has 0 saturated carbocycles. The van der Waals surface area contributed by atoms with E-state index >= 15 is 4.39 Å². The number of thiophene rings is 1. The number of aliphatic hydroxyl groups excluding tert-OH is 1.